The Labute approximate surface area is 122 Å². The molecule has 21 heavy (non-hydrogen) atoms. The third-order valence-corrected chi connectivity index (χ3v) is 2.68. The molecule has 5 N–H and O–H groups in total. The van der Waals surface area contributed by atoms with Crippen LogP contribution in [-0.2, 0) is 16.1 Å². The Hall–Kier alpha value is -2.19. The minimum absolute atomic E-state index is 0.0940. The predicted molar refractivity (Wildman–Crippen MR) is 75.5 cm³/mol. The molecule has 1 aromatic rings. The summed E-state index contributed by atoms with van der Waals surface area (Å²) in [5, 5.41) is 17.1. The normalized spacial score (nSPS) is 11.4. The Morgan fingerprint density at radius 3 is 2.95 bits per heavy atom. The molecule has 0 radical (unpaired) electrons. The van der Waals surface area contributed by atoms with Gasteiger partial charge in [-0.25, -0.2) is 4.39 Å². The van der Waals surface area contributed by atoms with Gasteiger partial charge in [-0.3, -0.25) is 4.79 Å². The number of amides is 1. The van der Waals surface area contributed by atoms with Crippen LogP contribution in [0.2, 0.25) is 0 Å². The van der Waals surface area contributed by atoms with Crippen molar-refractivity contribution in [1.29, 1.82) is 0 Å². The number of hydrogen-bond donors (Lipinski definition) is 4. The van der Waals surface area contributed by atoms with E-state index in [1.54, 1.807) is 7.11 Å². The van der Waals surface area contributed by atoms with Crippen molar-refractivity contribution in [2.75, 3.05) is 26.8 Å². The molecule has 0 aromatic heterocycles. The van der Waals surface area contributed by atoms with Crippen LogP contribution < -0.4 is 16.4 Å². The number of nitrogens with one attached hydrogen (secondary N) is 2. The van der Waals surface area contributed by atoms with E-state index in [0.717, 1.165) is 0 Å². The van der Waals surface area contributed by atoms with Gasteiger partial charge in [-0.15, -0.1) is 0 Å². The number of rotatable bonds is 8. The highest BCUT2D eigenvalue weighted by molar-refractivity contribution is 5.98. The number of amidine groups is 1. The van der Waals surface area contributed by atoms with Gasteiger partial charge >= 0.3 is 0 Å². The molecule has 116 valence electrons. The van der Waals surface area contributed by atoms with Crippen molar-refractivity contribution in [3.63, 3.8) is 0 Å². The maximum Gasteiger partial charge on any atom is 0.234 e. The zero-order valence-electron chi connectivity index (χ0n) is 11.7. The molecule has 0 unspecified atom stereocenters. The largest absolute Gasteiger partial charge is 0.409 e. The lowest BCUT2D eigenvalue weighted by Gasteiger charge is -2.10. The third kappa shape index (κ3) is 5.76. The summed E-state index contributed by atoms with van der Waals surface area (Å²) in [6, 6.07) is 3.95. The first-order valence-electron chi connectivity index (χ1n) is 6.31. The molecule has 8 heteroatoms. The molecule has 0 heterocycles. The second kappa shape index (κ2) is 8.88. The van der Waals surface area contributed by atoms with Gasteiger partial charge in [-0.2, -0.15) is 0 Å². The number of nitrogens with two attached hydrogens (primary N) is 1. The Balaban J connectivity index is 2.54. The van der Waals surface area contributed by atoms with Crippen molar-refractivity contribution in [2.45, 2.75) is 6.54 Å². The quantitative estimate of drug-likeness (QED) is 0.174. The Morgan fingerprint density at radius 2 is 2.29 bits per heavy atom. The average molecular weight is 298 g/mol. The monoisotopic (exact) mass is 298 g/mol. The van der Waals surface area contributed by atoms with Crippen LogP contribution in [0.25, 0.3) is 0 Å². The van der Waals surface area contributed by atoms with E-state index in [2.05, 4.69) is 15.8 Å². The first kappa shape index (κ1) is 16.9. The van der Waals surface area contributed by atoms with E-state index < -0.39 is 5.82 Å². The average Bonchev–Trinajstić information content (AvgIpc) is 2.48. The molecule has 0 fully saturated rings. The third-order valence-electron chi connectivity index (χ3n) is 2.68. The molecule has 7 nitrogen and oxygen atoms in total. The highest BCUT2D eigenvalue weighted by atomic mass is 19.1. The highest BCUT2D eigenvalue weighted by Crippen LogP contribution is 2.11. The first-order chi connectivity index (χ1) is 10.1. The van der Waals surface area contributed by atoms with Crippen LogP contribution in [0.3, 0.4) is 0 Å². The molecular weight excluding hydrogens is 279 g/mol. The number of oxime groups is 1. The molecular formula is C13H19FN4O3. The summed E-state index contributed by atoms with van der Waals surface area (Å²) in [7, 11) is 1.55. The van der Waals surface area contributed by atoms with Gasteiger partial charge in [0.05, 0.1) is 13.2 Å². The lowest BCUT2D eigenvalue weighted by molar-refractivity contribution is -0.120. The molecule has 0 atom stereocenters. The number of halogens is 1. The van der Waals surface area contributed by atoms with Crippen molar-refractivity contribution in [3.05, 3.63) is 35.1 Å². The van der Waals surface area contributed by atoms with Gasteiger partial charge in [0.25, 0.3) is 0 Å². The zero-order valence-corrected chi connectivity index (χ0v) is 11.7. The minimum atomic E-state index is -0.488. The predicted octanol–water partition coefficient (Wildman–Crippen LogP) is -0.228. The SMILES string of the molecule is COCCNC(=O)CNCc1ccc(F)cc1/C(N)=N/O. The Kier molecular flexibility index (Phi) is 7.13. The van der Waals surface area contributed by atoms with E-state index in [-0.39, 0.29) is 30.4 Å². The van der Waals surface area contributed by atoms with Crippen molar-refractivity contribution < 1.29 is 19.1 Å². The van der Waals surface area contributed by atoms with Gasteiger partial charge in [0, 0.05) is 25.8 Å². The molecule has 0 saturated heterocycles. The van der Waals surface area contributed by atoms with E-state index in [0.29, 0.717) is 18.7 Å². The fourth-order valence-electron chi connectivity index (χ4n) is 1.66. The van der Waals surface area contributed by atoms with E-state index in [1.165, 1.54) is 18.2 Å². The molecule has 0 saturated carbocycles. The molecule has 1 rings (SSSR count). The van der Waals surface area contributed by atoms with E-state index in [9.17, 15) is 9.18 Å². The van der Waals surface area contributed by atoms with Crippen LogP contribution in [0.1, 0.15) is 11.1 Å². The fraction of sp³-hybridized carbons (Fsp3) is 0.385. The lowest BCUT2D eigenvalue weighted by Crippen LogP contribution is -2.35. The van der Waals surface area contributed by atoms with Gasteiger partial charge in [-0.1, -0.05) is 11.2 Å². The van der Waals surface area contributed by atoms with Crippen molar-refractivity contribution in [2.24, 2.45) is 10.9 Å². The number of ether oxygens (including phenoxy) is 1. The zero-order chi connectivity index (χ0) is 15.7. The summed E-state index contributed by atoms with van der Waals surface area (Å²) < 4.78 is 18.0. The number of carbonyl (C=O) groups excluding carboxylic acids is 1. The summed E-state index contributed by atoms with van der Waals surface area (Å²) in [5.41, 5.74) is 6.39. The van der Waals surface area contributed by atoms with Crippen LogP contribution in [-0.4, -0.2) is 43.8 Å². The van der Waals surface area contributed by atoms with Gasteiger partial charge in [0.15, 0.2) is 5.84 Å². The summed E-state index contributed by atoms with van der Waals surface area (Å²) in [6.45, 7) is 1.25. The molecule has 0 aliphatic heterocycles. The molecule has 0 aliphatic carbocycles. The smallest absolute Gasteiger partial charge is 0.234 e. The van der Waals surface area contributed by atoms with Crippen molar-refractivity contribution >= 4 is 11.7 Å². The second-order valence-electron chi connectivity index (χ2n) is 4.23. The number of methoxy groups -OCH3 is 1. The van der Waals surface area contributed by atoms with Gasteiger partial charge < -0.3 is 26.3 Å². The van der Waals surface area contributed by atoms with Gasteiger partial charge in [0.2, 0.25) is 5.91 Å². The summed E-state index contributed by atoms with van der Waals surface area (Å²) in [4.78, 5) is 11.5. The number of benzene rings is 1. The highest BCUT2D eigenvalue weighted by Gasteiger charge is 2.09. The summed E-state index contributed by atoms with van der Waals surface area (Å²) in [6.07, 6.45) is 0. The maximum absolute atomic E-state index is 13.2. The van der Waals surface area contributed by atoms with Crippen LogP contribution in [0.5, 0.6) is 0 Å². The van der Waals surface area contributed by atoms with E-state index in [4.69, 9.17) is 15.7 Å². The van der Waals surface area contributed by atoms with Crippen LogP contribution in [0, 0.1) is 5.82 Å². The van der Waals surface area contributed by atoms with E-state index >= 15 is 0 Å². The number of nitrogens with zero attached hydrogens (tertiary/aromatic N) is 1. The van der Waals surface area contributed by atoms with Gasteiger partial charge in [0.1, 0.15) is 5.82 Å². The van der Waals surface area contributed by atoms with Gasteiger partial charge in [-0.05, 0) is 17.7 Å². The molecule has 0 spiro atoms. The van der Waals surface area contributed by atoms with Crippen LogP contribution in [0.4, 0.5) is 4.39 Å². The second-order valence-corrected chi connectivity index (χ2v) is 4.23. The Morgan fingerprint density at radius 1 is 1.52 bits per heavy atom. The maximum atomic E-state index is 13.2. The number of hydrogen-bond acceptors (Lipinski definition) is 5. The van der Waals surface area contributed by atoms with Crippen molar-refractivity contribution in [1.82, 2.24) is 10.6 Å². The minimum Gasteiger partial charge on any atom is -0.409 e. The van der Waals surface area contributed by atoms with Crippen LogP contribution >= 0.6 is 0 Å². The number of carbonyl (C=O) groups is 1. The van der Waals surface area contributed by atoms with Crippen LogP contribution in [0.15, 0.2) is 23.4 Å². The standard InChI is InChI=1S/C13H19FN4O3/c1-21-5-4-17-12(19)8-16-7-9-2-3-10(14)6-11(9)13(15)18-20/h2-3,6,16,20H,4-5,7-8H2,1H3,(H2,15,18)(H,17,19). The first-order valence-corrected chi connectivity index (χ1v) is 6.31. The molecule has 0 bridgehead atoms. The fourth-order valence-corrected chi connectivity index (χ4v) is 1.66. The van der Waals surface area contributed by atoms with Crippen molar-refractivity contribution in [3.8, 4) is 0 Å². The lowest BCUT2D eigenvalue weighted by atomic mass is 10.1. The molecule has 1 aromatic carbocycles. The topological polar surface area (TPSA) is 109 Å². The molecule has 1 amide bonds. The van der Waals surface area contributed by atoms with E-state index in [1.807, 2.05) is 0 Å². The molecule has 0 aliphatic rings. The summed E-state index contributed by atoms with van der Waals surface area (Å²) in [5.74, 6) is -0.854. The summed E-state index contributed by atoms with van der Waals surface area (Å²) >= 11 is 0. The Bertz CT molecular complexity index is 508.